The number of anilines is 2. The van der Waals surface area contributed by atoms with E-state index in [1.165, 1.54) is 30.3 Å². The van der Waals surface area contributed by atoms with Gasteiger partial charge in [-0.1, -0.05) is 47.5 Å². The van der Waals surface area contributed by atoms with Crippen LogP contribution in [0.3, 0.4) is 0 Å². The summed E-state index contributed by atoms with van der Waals surface area (Å²) in [6, 6.07) is 17.0. The fraction of sp³-hybridized carbons (Fsp3) is 0.136. The molecule has 168 valence electrons. The third-order valence-electron chi connectivity index (χ3n) is 4.50. The first-order valence-electron chi connectivity index (χ1n) is 9.29. The lowest BCUT2D eigenvalue weighted by atomic mass is 10.2. The lowest BCUT2D eigenvalue weighted by Gasteiger charge is -2.24. The quantitative estimate of drug-likeness (QED) is 0.504. The van der Waals surface area contributed by atoms with Gasteiger partial charge >= 0.3 is 6.18 Å². The van der Waals surface area contributed by atoms with Crippen LogP contribution in [0.25, 0.3) is 0 Å². The minimum Gasteiger partial charge on any atom is -0.324 e. The normalized spacial score (nSPS) is 11.8. The molecule has 5 nitrogen and oxygen atoms in total. The van der Waals surface area contributed by atoms with Gasteiger partial charge in [-0.3, -0.25) is 9.10 Å². The number of alkyl halides is 3. The second-order valence-corrected chi connectivity index (χ2v) is 9.17. The average molecular weight is 483 g/mol. The van der Waals surface area contributed by atoms with Crippen molar-refractivity contribution in [3.63, 3.8) is 0 Å². The van der Waals surface area contributed by atoms with E-state index in [0.29, 0.717) is 6.07 Å². The molecule has 10 heteroatoms. The Hall–Kier alpha value is -3.04. The van der Waals surface area contributed by atoms with E-state index in [0.717, 1.165) is 15.9 Å². The molecule has 0 atom stereocenters. The second-order valence-electron chi connectivity index (χ2n) is 6.90. The van der Waals surface area contributed by atoms with Gasteiger partial charge in [0.1, 0.15) is 6.54 Å². The fourth-order valence-corrected chi connectivity index (χ4v) is 4.54. The molecule has 0 fully saturated rings. The summed E-state index contributed by atoms with van der Waals surface area (Å²) in [5.74, 6) is -0.819. The zero-order chi connectivity index (χ0) is 23.5. The Morgan fingerprint density at radius 3 is 2.22 bits per heavy atom. The molecule has 0 unspecified atom stereocenters. The fourth-order valence-electron chi connectivity index (χ4n) is 2.90. The lowest BCUT2D eigenvalue weighted by molar-refractivity contribution is -0.137. The summed E-state index contributed by atoms with van der Waals surface area (Å²) in [6.07, 6.45) is -4.71. The first-order valence-corrected chi connectivity index (χ1v) is 11.1. The number of rotatable bonds is 6. The molecule has 32 heavy (non-hydrogen) atoms. The van der Waals surface area contributed by atoms with E-state index in [2.05, 4.69) is 5.32 Å². The minimum absolute atomic E-state index is 0.0226. The van der Waals surface area contributed by atoms with Crippen molar-refractivity contribution in [1.29, 1.82) is 0 Å². The summed E-state index contributed by atoms with van der Waals surface area (Å²) in [5.41, 5.74) is -0.178. The van der Waals surface area contributed by atoms with Crippen LogP contribution in [0.1, 0.15) is 11.1 Å². The average Bonchev–Trinajstić information content (AvgIpc) is 2.73. The van der Waals surface area contributed by atoms with E-state index in [9.17, 15) is 26.4 Å². The summed E-state index contributed by atoms with van der Waals surface area (Å²) in [4.78, 5) is 12.6. The van der Waals surface area contributed by atoms with E-state index in [1.807, 2.05) is 0 Å². The van der Waals surface area contributed by atoms with Gasteiger partial charge < -0.3 is 5.32 Å². The van der Waals surface area contributed by atoms with Gasteiger partial charge in [0, 0.05) is 5.69 Å². The largest absolute Gasteiger partial charge is 0.417 e. The maximum atomic E-state index is 13.2. The molecule has 0 aliphatic heterocycles. The third-order valence-corrected chi connectivity index (χ3v) is 6.61. The number of amides is 1. The molecular weight excluding hydrogens is 465 g/mol. The number of benzene rings is 3. The number of sulfonamides is 1. The molecule has 1 amide bonds. The summed E-state index contributed by atoms with van der Waals surface area (Å²) >= 11 is 5.60. The molecule has 0 aliphatic carbocycles. The van der Waals surface area contributed by atoms with Crippen molar-refractivity contribution in [2.24, 2.45) is 0 Å². The Bertz CT molecular complexity index is 1220. The van der Waals surface area contributed by atoms with E-state index >= 15 is 0 Å². The molecule has 0 aromatic heterocycles. The molecule has 0 bridgehead atoms. The number of carbonyl (C=O) groups is 1. The van der Waals surface area contributed by atoms with Gasteiger partial charge in [0.25, 0.3) is 10.0 Å². The minimum atomic E-state index is -4.71. The van der Waals surface area contributed by atoms with Crippen LogP contribution in [0.2, 0.25) is 5.02 Å². The van der Waals surface area contributed by atoms with Crippen LogP contribution < -0.4 is 9.62 Å². The summed E-state index contributed by atoms with van der Waals surface area (Å²) in [7, 11) is -4.12. The molecule has 3 aromatic carbocycles. The monoisotopic (exact) mass is 482 g/mol. The van der Waals surface area contributed by atoms with Gasteiger partial charge in [0.2, 0.25) is 5.91 Å². The van der Waals surface area contributed by atoms with E-state index in [1.54, 1.807) is 37.3 Å². The van der Waals surface area contributed by atoms with Gasteiger partial charge in [0.05, 0.1) is 21.2 Å². The Morgan fingerprint density at radius 1 is 1.00 bits per heavy atom. The Morgan fingerprint density at radius 2 is 1.62 bits per heavy atom. The van der Waals surface area contributed by atoms with Crippen LogP contribution >= 0.6 is 11.6 Å². The van der Waals surface area contributed by atoms with Crippen LogP contribution in [-0.2, 0) is 21.0 Å². The van der Waals surface area contributed by atoms with Crippen molar-refractivity contribution in [2.45, 2.75) is 18.0 Å². The molecule has 0 saturated carbocycles. The molecule has 0 saturated heterocycles. The third kappa shape index (κ3) is 5.41. The second kappa shape index (κ2) is 9.22. The lowest BCUT2D eigenvalue weighted by Crippen LogP contribution is -2.38. The maximum absolute atomic E-state index is 13.2. The van der Waals surface area contributed by atoms with Gasteiger partial charge in [-0.2, -0.15) is 13.2 Å². The maximum Gasteiger partial charge on any atom is 0.417 e. The molecule has 3 rings (SSSR count). The summed E-state index contributed by atoms with van der Waals surface area (Å²) in [5, 5.41) is 1.80. The van der Waals surface area contributed by atoms with Crippen molar-refractivity contribution in [1.82, 2.24) is 0 Å². The number of para-hydroxylation sites is 1. The van der Waals surface area contributed by atoms with Crippen molar-refractivity contribution >= 4 is 38.9 Å². The Labute approximate surface area is 188 Å². The summed E-state index contributed by atoms with van der Waals surface area (Å²) < 4.78 is 66.6. The molecule has 0 radical (unpaired) electrons. The van der Waals surface area contributed by atoms with Crippen molar-refractivity contribution in [3.8, 4) is 0 Å². The van der Waals surface area contributed by atoms with Crippen LogP contribution in [0, 0.1) is 6.92 Å². The molecule has 3 aromatic rings. The predicted molar refractivity (Wildman–Crippen MR) is 117 cm³/mol. The Balaban J connectivity index is 1.91. The first-order chi connectivity index (χ1) is 15.0. The van der Waals surface area contributed by atoms with E-state index < -0.39 is 39.2 Å². The number of halogens is 4. The first kappa shape index (κ1) is 23.6. The zero-order valence-electron chi connectivity index (χ0n) is 16.7. The van der Waals surface area contributed by atoms with E-state index in [4.69, 9.17) is 11.6 Å². The number of nitrogens with one attached hydrogen (secondary N) is 1. The highest BCUT2D eigenvalue weighted by molar-refractivity contribution is 7.92. The molecule has 1 N–H and O–H groups in total. The van der Waals surface area contributed by atoms with Gasteiger partial charge in [-0.15, -0.1) is 0 Å². The number of carbonyl (C=O) groups excluding carboxylic acids is 1. The van der Waals surface area contributed by atoms with Gasteiger partial charge in [0.15, 0.2) is 0 Å². The molecular formula is C22H18ClF3N2O3S. The smallest absolute Gasteiger partial charge is 0.324 e. The number of hydrogen-bond acceptors (Lipinski definition) is 3. The molecule has 0 heterocycles. The Kier molecular flexibility index (Phi) is 6.80. The highest BCUT2D eigenvalue weighted by Crippen LogP contribution is 2.36. The van der Waals surface area contributed by atoms with Crippen molar-refractivity contribution < 1.29 is 26.4 Å². The zero-order valence-corrected chi connectivity index (χ0v) is 18.3. The number of aryl methyl sites for hydroxylation is 1. The van der Waals surface area contributed by atoms with Crippen molar-refractivity contribution in [2.75, 3.05) is 16.2 Å². The van der Waals surface area contributed by atoms with Gasteiger partial charge in [-0.25, -0.2) is 8.42 Å². The molecule has 0 aliphatic rings. The summed E-state index contributed by atoms with van der Waals surface area (Å²) in [6.45, 7) is 1.16. The topological polar surface area (TPSA) is 66.5 Å². The number of hydrogen-bond donors (Lipinski definition) is 1. The highest BCUT2D eigenvalue weighted by Gasteiger charge is 2.33. The van der Waals surface area contributed by atoms with E-state index in [-0.39, 0.29) is 16.3 Å². The standard InChI is InChI=1S/C22H18ClF3N2O3S/c1-15-7-10-18(11-8-15)32(30,31)28(17-5-3-2-4-6-17)14-21(29)27-16-9-12-20(23)19(13-16)22(24,25)26/h2-13H,14H2,1H3,(H,27,29). The van der Waals surface area contributed by atoms with Crippen LogP contribution in [0.4, 0.5) is 24.5 Å². The predicted octanol–water partition coefficient (Wildman–Crippen LogP) is 5.50. The van der Waals surface area contributed by atoms with Crippen molar-refractivity contribution in [3.05, 3.63) is 88.9 Å². The highest BCUT2D eigenvalue weighted by atomic mass is 35.5. The van der Waals surface area contributed by atoms with Gasteiger partial charge in [-0.05, 0) is 49.4 Å². The van der Waals surface area contributed by atoms with Crippen LogP contribution in [0.5, 0.6) is 0 Å². The number of nitrogens with zero attached hydrogens (tertiary/aromatic N) is 1. The molecule has 0 spiro atoms. The van der Waals surface area contributed by atoms with Crippen LogP contribution in [0.15, 0.2) is 77.7 Å². The SMILES string of the molecule is Cc1ccc(S(=O)(=O)N(CC(=O)Nc2ccc(Cl)c(C(F)(F)F)c2)c2ccccc2)cc1. The van der Waals surface area contributed by atoms with Crippen LogP contribution in [-0.4, -0.2) is 20.9 Å².